The molecule has 1 aromatic carbocycles. The van der Waals surface area contributed by atoms with Gasteiger partial charge in [0, 0.05) is 43.8 Å². The van der Waals surface area contributed by atoms with E-state index in [1.165, 1.54) is 30.5 Å². The number of hydrogen-bond donors (Lipinski definition) is 2. The largest absolute Gasteiger partial charge is 0.390 e. The zero-order chi connectivity index (χ0) is 17.1. The Kier molecular flexibility index (Phi) is 7.82. The van der Waals surface area contributed by atoms with Gasteiger partial charge >= 0.3 is 0 Å². The van der Waals surface area contributed by atoms with Gasteiger partial charge in [-0.2, -0.15) is 5.26 Å². The second-order valence-corrected chi connectivity index (χ2v) is 4.43. The van der Waals surface area contributed by atoms with Crippen LogP contribution >= 0.6 is 0 Å². The molecule has 8 nitrogen and oxygen atoms in total. The van der Waals surface area contributed by atoms with Gasteiger partial charge in [0.1, 0.15) is 11.6 Å². The van der Waals surface area contributed by atoms with E-state index < -0.39 is 10.8 Å². The van der Waals surface area contributed by atoms with E-state index >= 15 is 0 Å². The molecule has 1 aromatic rings. The second kappa shape index (κ2) is 9.92. The summed E-state index contributed by atoms with van der Waals surface area (Å²) in [5.74, 6) is -0.585. The van der Waals surface area contributed by atoms with E-state index in [1.54, 1.807) is 6.07 Å². The summed E-state index contributed by atoms with van der Waals surface area (Å²) < 4.78 is 5.17. The highest BCUT2D eigenvalue weighted by atomic mass is 16.6. The molecule has 23 heavy (non-hydrogen) atoms. The minimum absolute atomic E-state index is 0.0741. The topological polar surface area (TPSA) is 117 Å². The zero-order valence-electron chi connectivity index (χ0n) is 12.7. The van der Waals surface area contributed by atoms with Crippen molar-refractivity contribution in [1.29, 1.82) is 5.26 Å². The van der Waals surface area contributed by atoms with Crippen molar-refractivity contribution >= 4 is 17.3 Å². The summed E-state index contributed by atoms with van der Waals surface area (Å²) in [7, 11) is 0. The minimum Gasteiger partial charge on any atom is -0.390 e. The Morgan fingerprint density at radius 2 is 2.13 bits per heavy atom. The summed E-state index contributed by atoms with van der Waals surface area (Å²) in [4.78, 5) is 21.9. The van der Waals surface area contributed by atoms with Crippen molar-refractivity contribution in [2.75, 3.05) is 25.1 Å². The summed E-state index contributed by atoms with van der Waals surface area (Å²) >= 11 is 0. The molecule has 0 atom stereocenters. The SMILES string of the molecule is CCOCCCN/C=C(/C#N)C(=O)Nc1ccc([N+](=O)[O-])cc1. The molecule has 0 aliphatic rings. The first-order chi connectivity index (χ1) is 11.1. The number of ether oxygens (including phenoxy) is 1. The molecule has 0 heterocycles. The summed E-state index contributed by atoms with van der Waals surface area (Å²) in [6.07, 6.45) is 2.10. The Morgan fingerprint density at radius 1 is 1.43 bits per heavy atom. The third kappa shape index (κ3) is 6.58. The first kappa shape index (κ1) is 18.1. The van der Waals surface area contributed by atoms with E-state index in [0.717, 1.165) is 6.42 Å². The Hall–Kier alpha value is -2.92. The molecule has 0 aliphatic heterocycles. The van der Waals surface area contributed by atoms with Crippen molar-refractivity contribution in [2.45, 2.75) is 13.3 Å². The number of nitro benzene ring substituents is 1. The number of amides is 1. The maximum absolute atomic E-state index is 11.9. The number of carbonyl (C=O) groups excluding carboxylic acids is 1. The molecule has 0 unspecified atom stereocenters. The van der Waals surface area contributed by atoms with Crippen LogP contribution in [0.15, 0.2) is 36.0 Å². The van der Waals surface area contributed by atoms with Gasteiger partial charge in [-0.3, -0.25) is 14.9 Å². The zero-order valence-corrected chi connectivity index (χ0v) is 12.7. The van der Waals surface area contributed by atoms with E-state index in [1.807, 2.05) is 6.92 Å². The van der Waals surface area contributed by atoms with E-state index in [2.05, 4.69) is 10.6 Å². The number of anilines is 1. The van der Waals surface area contributed by atoms with Gasteiger partial charge in [-0.05, 0) is 25.5 Å². The monoisotopic (exact) mass is 318 g/mol. The molecule has 122 valence electrons. The molecule has 2 N–H and O–H groups in total. The summed E-state index contributed by atoms with van der Waals surface area (Å²) in [6, 6.07) is 7.16. The maximum Gasteiger partial charge on any atom is 0.269 e. The molecule has 0 saturated carbocycles. The van der Waals surface area contributed by atoms with Gasteiger partial charge in [0.2, 0.25) is 0 Å². The van der Waals surface area contributed by atoms with Crippen LogP contribution in [0.3, 0.4) is 0 Å². The van der Waals surface area contributed by atoms with Gasteiger partial charge in [-0.15, -0.1) is 0 Å². The Bertz CT molecular complexity index is 605. The van der Waals surface area contributed by atoms with Gasteiger partial charge in [0.25, 0.3) is 11.6 Å². The van der Waals surface area contributed by atoms with Crippen molar-refractivity contribution in [2.24, 2.45) is 0 Å². The van der Waals surface area contributed by atoms with Gasteiger partial charge in [-0.1, -0.05) is 0 Å². The molecule has 0 bridgehead atoms. The first-order valence-electron chi connectivity index (χ1n) is 7.05. The number of carbonyl (C=O) groups is 1. The minimum atomic E-state index is -0.585. The Labute approximate surface area is 133 Å². The third-order valence-corrected chi connectivity index (χ3v) is 2.76. The van der Waals surface area contributed by atoms with Crippen LogP contribution in [0.25, 0.3) is 0 Å². The van der Waals surface area contributed by atoms with Crippen LogP contribution in [0, 0.1) is 21.4 Å². The van der Waals surface area contributed by atoms with Gasteiger partial charge in [0.15, 0.2) is 0 Å². The fourth-order valence-corrected chi connectivity index (χ4v) is 1.61. The number of nitriles is 1. The number of nitro groups is 1. The Balaban J connectivity index is 2.53. The number of hydrogen-bond acceptors (Lipinski definition) is 6. The molecule has 0 radical (unpaired) electrons. The molecular weight excluding hydrogens is 300 g/mol. The predicted octanol–water partition coefficient (Wildman–Crippen LogP) is 1.96. The highest BCUT2D eigenvalue weighted by molar-refractivity contribution is 6.06. The number of nitrogens with zero attached hydrogens (tertiary/aromatic N) is 2. The highest BCUT2D eigenvalue weighted by Gasteiger charge is 2.10. The first-order valence-corrected chi connectivity index (χ1v) is 7.05. The van der Waals surface area contributed by atoms with Crippen LogP contribution in [0.1, 0.15) is 13.3 Å². The molecule has 0 spiro atoms. The molecule has 0 aliphatic carbocycles. The number of non-ortho nitro benzene ring substituents is 1. The van der Waals surface area contributed by atoms with Crippen LogP contribution in [0.5, 0.6) is 0 Å². The molecule has 8 heteroatoms. The standard InChI is InChI=1S/C15H18N4O4/c1-2-23-9-3-8-17-11-12(10-16)15(20)18-13-4-6-14(7-5-13)19(21)22/h4-7,11,17H,2-3,8-9H2,1H3,(H,18,20)/b12-11-. The fraction of sp³-hybridized carbons (Fsp3) is 0.333. The summed E-state index contributed by atoms with van der Waals surface area (Å²) in [6.45, 7) is 3.74. The van der Waals surface area contributed by atoms with Crippen LogP contribution in [-0.4, -0.2) is 30.6 Å². The third-order valence-electron chi connectivity index (χ3n) is 2.76. The lowest BCUT2D eigenvalue weighted by atomic mass is 10.2. The van der Waals surface area contributed by atoms with E-state index in [-0.39, 0.29) is 11.3 Å². The highest BCUT2D eigenvalue weighted by Crippen LogP contribution is 2.15. The second-order valence-electron chi connectivity index (χ2n) is 4.43. The van der Waals surface area contributed by atoms with Gasteiger partial charge < -0.3 is 15.4 Å². The van der Waals surface area contributed by atoms with Gasteiger partial charge in [0.05, 0.1) is 4.92 Å². The van der Waals surface area contributed by atoms with E-state index in [0.29, 0.717) is 25.4 Å². The molecule has 1 amide bonds. The van der Waals surface area contributed by atoms with Crippen molar-refractivity contribution in [3.63, 3.8) is 0 Å². The van der Waals surface area contributed by atoms with E-state index in [9.17, 15) is 14.9 Å². The molecule has 1 rings (SSSR count). The van der Waals surface area contributed by atoms with Crippen molar-refractivity contribution in [3.8, 4) is 6.07 Å². The van der Waals surface area contributed by atoms with Crippen LogP contribution in [-0.2, 0) is 9.53 Å². The predicted molar refractivity (Wildman–Crippen MR) is 84.5 cm³/mol. The lowest BCUT2D eigenvalue weighted by molar-refractivity contribution is -0.384. The average Bonchev–Trinajstić information content (AvgIpc) is 2.54. The van der Waals surface area contributed by atoms with E-state index in [4.69, 9.17) is 10.00 Å². The number of rotatable bonds is 9. The van der Waals surface area contributed by atoms with Crippen LogP contribution in [0.2, 0.25) is 0 Å². The molecular formula is C15H18N4O4. The number of benzene rings is 1. The molecule has 0 saturated heterocycles. The number of nitrogens with one attached hydrogen (secondary N) is 2. The Morgan fingerprint density at radius 3 is 2.70 bits per heavy atom. The lowest BCUT2D eigenvalue weighted by Crippen LogP contribution is -2.17. The fourth-order valence-electron chi connectivity index (χ4n) is 1.61. The smallest absolute Gasteiger partial charge is 0.269 e. The lowest BCUT2D eigenvalue weighted by Gasteiger charge is -2.05. The molecule has 0 aromatic heterocycles. The van der Waals surface area contributed by atoms with Crippen LogP contribution in [0.4, 0.5) is 11.4 Å². The quantitative estimate of drug-likeness (QED) is 0.236. The van der Waals surface area contributed by atoms with Crippen molar-refractivity contribution < 1.29 is 14.5 Å². The van der Waals surface area contributed by atoms with Gasteiger partial charge in [-0.25, -0.2) is 0 Å². The maximum atomic E-state index is 11.9. The van der Waals surface area contributed by atoms with Crippen molar-refractivity contribution in [3.05, 3.63) is 46.2 Å². The van der Waals surface area contributed by atoms with Crippen LogP contribution < -0.4 is 10.6 Å². The average molecular weight is 318 g/mol. The summed E-state index contributed by atoms with van der Waals surface area (Å²) in [5, 5.41) is 24.9. The van der Waals surface area contributed by atoms with Crippen molar-refractivity contribution in [1.82, 2.24) is 5.32 Å². The summed E-state index contributed by atoms with van der Waals surface area (Å²) in [5.41, 5.74) is 0.216. The normalized spacial score (nSPS) is 10.7. The molecule has 0 fully saturated rings.